The number of hydrogen-bond acceptors (Lipinski definition) is 2. The zero-order valence-corrected chi connectivity index (χ0v) is 13.6. The summed E-state index contributed by atoms with van der Waals surface area (Å²) in [4.78, 5) is 2.45. The maximum atomic E-state index is 5.61. The molecule has 0 aromatic heterocycles. The highest BCUT2D eigenvalue weighted by Crippen LogP contribution is 2.33. The predicted octanol–water partition coefficient (Wildman–Crippen LogP) is 3.97. The van der Waals surface area contributed by atoms with E-state index >= 15 is 0 Å². The van der Waals surface area contributed by atoms with Gasteiger partial charge in [-0.2, -0.15) is 0 Å². The highest BCUT2D eigenvalue weighted by molar-refractivity contribution is 9.10. The second kappa shape index (κ2) is 6.76. The molecule has 106 valence electrons. The van der Waals surface area contributed by atoms with Crippen LogP contribution in [0.5, 0.6) is 0 Å². The Balaban J connectivity index is 2.08. The van der Waals surface area contributed by atoms with Gasteiger partial charge in [-0.3, -0.25) is 0 Å². The Morgan fingerprint density at radius 2 is 1.95 bits per heavy atom. The van der Waals surface area contributed by atoms with Crippen molar-refractivity contribution in [2.75, 3.05) is 18.5 Å². The molecule has 1 aromatic rings. The molecule has 0 bridgehead atoms. The second-order valence-electron chi connectivity index (χ2n) is 5.85. The van der Waals surface area contributed by atoms with Crippen LogP contribution in [-0.2, 0) is 6.42 Å². The quantitative estimate of drug-likeness (QED) is 0.908. The Labute approximate surface area is 125 Å². The van der Waals surface area contributed by atoms with Crippen LogP contribution in [0.15, 0.2) is 22.7 Å². The van der Waals surface area contributed by atoms with E-state index in [0.717, 1.165) is 12.3 Å². The first-order valence-corrected chi connectivity index (χ1v) is 8.12. The van der Waals surface area contributed by atoms with Crippen molar-refractivity contribution in [3.8, 4) is 0 Å². The summed E-state index contributed by atoms with van der Waals surface area (Å²) in [6.07, 6.45) is 6.29. The summed E-state index contributed by atoms with van der Waals surface area (Å²) in [6.45, 7) is 3.08. The third kappa shape index (κ3) is 3.73. The molecule has 1 aromatic carbocycles. The van der Waals surface area contributed by atoms with E-state index in [0.29, 0.717) is 12.6 Å². The van der Waals surface area contributed by atoms with Crippen LogP contribution in [0.25, 0.3) is 0 Å². The normalized spacial score (nSPS) is 23.4. The third-order valence-corrected chi connectivity index (χ3v) is 4.99. The Hall–Kier alpha value is -0.540. The minimum atomic E-state index is 0.688. The minimum Gasteiger partial charge on any atom is -0.371 e. The number of nitrogens with zero attached hydrogens (tertiary/aromatic N) is 1. The van der Waals surface area contributed by atoms with Crippen LogP contribution in [-0.4, -0.2) is 19.6 Å². The fourth-order valence-electron chi connectivity index (χ4n) is 2.99. The molecular weight excluding hydrogens is 300 g/mol. The summed E-state index contributed by atoms with van der Waals surface area (Å²) < 4.78 is 1.19. The Bertz CT molecular complexity index is 411. The molecule has 3 heteroatoms. The standard InChI is InChI=1S/C16H25BrN2/c1-12-3-6-14(7-4-12)19(2)16-8-5-13(9-10-18)11-15(16)17/h5,8,11-12,14H,3-4,6-7,9-10,18H2,1-2H3. The molecule has 1 aliphatic carbocycles. The Morgan fingerprint density at radius 3 is 2.53 bits per heavy atom. The number of anilines is 1. The molecule has 0 unspecified atom stereocenters. The van der Waals surface area contributed by atoms with E-state index in [1.807, 2.05) is 0 Å². The van der Waals surface area contributed by atoms with Gasteiger partial charge >= 0.3 is 0 Å². The number of rotatable bonds is 4. The number of hydrogen-bond donors (Lipinski definition) is 1. The largest absolute Gasteiger partial charge is 0.371 e. The second-order valence-corrected chi connectivity index (χ2v) is 6.70. The summed E-state index contributed by atoms with van der Waals surface area (Å²) in [7, 11) is 2.23. The molecule has 0 aliphatic heterocycles. The first kappa shape index (κ1) is 14.9. The Morgan fingerprint density at radius 1 is 1.26 bits per heavy atom. The van der Waals surface area contributed by atoms with Crippen molar-refractivity contribution in [2.24, 2.45) is 11.7 Å². The topological polar surface area (TPSA) is 29.3 Å². The van der Waals surface area contributed by atoms with Gasteiger partial charge in [0.25, 0.3) is 0 Å². The van der Waals surface area contributed by atoms with E-state index in [1.165, 1.54) is 41.4 Å². The van der Waals surface area contributed by atoms with E-state index in [1.54, 1.807) is 0 Å². The molecule has 2 N–H and O–H groups in total. The molecular formula is C16H25BrN2. The van der Waals surface area contributed by atoms with Gasteiger partial charge < -0.3 is 10.6 Å². The van der Waals surface area contributed by atoms with E-state index < -0.39 is 0 Å². The van der Waals surface area contributed by atoms with Gasteiger partial charge in [0.1, 0.15) is 0 Å². The van der Waals surface area contributed by atoms with Gasteiger partial charge in [-0.15, -0.1) is 0 Å². The van der Waals surface area contributed by atoms with Gasteiger partial charge in [0.2, 0.25) is 0 Å². The molecule has 19 heavy (non-hydrogen) atoms. The van der Waals surface area contributed by atoms with Crippen LogP contribution in [0.3, 0.4) is 0 Å². The van der Waals surface area contributed by atoms with E-state index in [2.05, 4.69) is 53.0 Å². The lowest BCUT2D eigenvalue weighted by atomic mass is 9.86. The lowest BCUT2D eigenvalue weighted by Crippen LogP contribution is -2.35. The number of benzene rings is 1. The zero-order valence-electron chi connectivity index (χ0n) is 12.0. The fraction of sp³-hybridized carbons (Fsp3) is 0.625. The lowest BCUT2D eigenvalue weighted by molar-refractivity contribution is 0.340. The predicted molar refractivity (Wildman–Crippen MR) is 86.7 cm³/mol. The summed E-state index contributed by atoms with van der Waals surface area (Å²) in [5.74, 6) is 0.903. The van der Waals surface area contributed by atoms with Crippen molar-refractivity contribution in [1.82, 2.24) is 0 Å². The fourth-order valence-corrected chi connectivity index (χ4v) is 3.69. The van der Waals surface area contributed by atoms with Gasteiger partial charge in [0, 0.05) is 17.6 Å². The van der Waals surface area contributed by atoms with Gasteiger partial charge in [-0.25, -0.2) is 0 Å². The Kier molecular flexibility index (Phi) is 5.28. The first-order chi connectivity index (χ1) is 9.11. The zero-order chi connectivity index (χ0) is 13.8. The van der Waals surface area contributed by atoms with Crippen LogP contribution < -0.4 is 10.6 Å². The van der Waals surface area contributed by atoms with Crippen LogP contribution in [0.4, 0.5) is 5.69 Å². The van der Waals surface area contributed by atoms with Crippen LogP contribution >= 0.6 is 15.9 Å². The molecule has 2 rings (SSSR count). The maximum absolute atomic E-state index is 5.61. The van der Waals surface area contributed by atoms with Crippen LogP contribution in [0.2, 0.25) is 0 Å². The smallest absolute Gasteiger partial charge is 0.0510 e. The van der Waals surface area contributed by atoms with Gasteiger partial charge in [-0.1, -0.05) is 13.0 Å². The van der Waals surface area contributed by atoms with E-state index in [-0.39, 0.29) is 0 Å². The molecule has 0 radical (unpaired) electrons. The van der Waals surface area contributed by atoms with Gasteiger partial charge in [0.15, 0.2) is 0 Å². The van der Waals surface area contributed by atoms with E-state index in [9.17, 15) is 0 Å². The molecule has 1 aliphatic rings. The molecule has 0 atom stereocenters. The van der Waals surface area contributed by atoms with Crippen LogP contribution in [0, 0.1) is 5.92 Å². The maximum Gasteiger partial charge on any atom is 0.0510 e. The summed E-state index contributed by atoms with van der Waals surface area (Å²) in [5, 5.41) is 0. The minimum absolute atomic E-state index is 0.688. The molecule has 0 spiro atoms. The lowest BCUT2D eigenvalue weighted by Gasteiger charge is -2.35. The molecule has 1 fully saturated rings. The van der Waals surface area contributed by atoms with Crippen molar-refractivity contribution in [3.05, 3.63) is 28.2 Å². The van der Waals surface area contributed by atoms with Crippen molar-refractivity contribution in [3.63, 3.8) is 0 Å². The molecule has 0 amide bonds. The van der Waals surface area contributed by atoms with Crippen molar-refractivity contribution >= 4 is 21.6 Å². The first-order valence-electron chi connectivity index (χ1n) is 7.33. The van der Waals surface area contributed by atoms with Crippen molar-refractivity contribution < 1.29 is 0 Å². The molecule has 0 saturated heterocycles. The van der Waals surface area contributed by atoms with Gasteiger partial charge in [-0.05, 0) is 78.2 Å². The molecule has 0 heterocycles. The summed E-state index contributed by atoms with van der Waals surface area (Å²) in [5.41, 5.74) is 8.23. The summed E-state index contributed by atoms with van der Waals surface area (Å²) in [6, 6.07) is 7.33. The van der Waals surface area contributed by atoms with Crippen molar-refractivity contribution in [1.29, 1.82) is 0 Å². The average molecular weight is 325 g/mol. The third-order valence-electron chi connectivity index (χ3n) is 4.36. The molecule has 1 saturated carbocycles. The molecule has 2 nitrogen and oxygen atoms in total. The number of halogens is 1. The summed E-state index contributed by atoms with van der Waals surface area (Å²) >= 11 is 3.71. The monoisotopic (exact) mass is 324 g/mol. The average Bonchev–Trinajstić information content (AvgIpc) is 2.39. The van der Waals surface area contributed by atoms with E-state index in [4.69, 9.17) is 5.73 Å². The van der Waals surface area contributed by atoms with Crippen molar-refractivity contribution in [2.45, 2.75) is 45.1 Å². The SMILES string of the molecule is CC1CCC(N(C)c2ccc(CCN)cc2Br)CC1. The highest BCUT2D eigenvalue weighted by atomic mass is 79.9. The number of nitrogens with two attached hydrogens (primary N) is 1. The highest BCUT2D eigenvalue weighted by Gasteiger charge is 2.22. The van der Waals surface area contributed by atoms with Gasteiger partial charge in [0.05, 0.1) is 5.69 Å². The van der Waals surface area contributed by atoms with Crippen LogP contribution in [0.1, 0.15) is 38.2 Å².